The first kappa shape index (κ1) is 14.5. The number of para-hydroxylation sites is 1. The summed E-state index contributed by atoms with van der Waals surface area (Å²) in [7, 11) is 1.68. The van der Waals surface area contributed by atoms with E-state index in [4.69, 9.17) is 5.84 Å². The van der Waals surface area contributed by atoms with Gasteiger partial charge in [-0.05, 0) is 19.1 Å². The van der Waals surface area contributed by atoms with Crippen molar-refractivity contribution in [1.29, 1.82) is 0 Å². The third kappa shape index (κ3) is 2.56. The number of hydrogen-bond donors (Lipinski definition) is 3. The summed E-state index contributed by atoms with van der Waals surface area (Å²) in [6, 6.07) is 8.95. The van der Waals surface area contributed by atoms with E-state index in [1.165, 1.54) is 4.68 Å². The molecule has 2 rings (SSSR count). The van der Waals surface area contributed by atoms with Crippen LogP contribution >= 0.6 is 0 Å². The van der Waals surface area contributed by atoms with Crippen LogP contribution in [0.3, 0.4) is 0 Å². The zero-order chi connectivity index (χ0) is 15.6. The molecular weight excluding hydrogens is 274 g/mol. The second kappa shape index (κ2) is 5.63. The van der Waals surface area contributed by atoms with E-state index in [9.17, 15) is 14.4 Å². The Morgan fingerprint density at radius 1 is 1.14 bits per heavy atom. The van der Waals surface area contributed by atoms with Gasteiger partial charge in [-0.3, -0.25) is 24.5 Å². The highest BCUT2D eigenvalue weighted by molar-refractivity contribution is 6.39. The fourth-order valence-electron chi connectivity index (χ4n) is 1.95. The standard InChI is InChI=1S/C13H15N5O3/c1-8-10(15-11(19)12(20)16-14)13(21)18(17(8)2)9-6-4-3-5-7-9/h3-7H,14H2,1-2H3,(H,15,19)(H,16,20). The molecule has 0 atom stereocenters. The number of amides is 2. The molecule has 0 radical (unpaired) electrons. The van der Waals surface area contributed by atoms with Crippen LogP contribution in [0.4, 0.5) is 5.69 Å². The first-order valence-electron chi connectivity index (χ1n) is 6.13. The van der Waals surface area contributed by atoms with Gasteiger partial charge in [0, 0.05) is 7.05 Å². The van der Waals surface area contributed by atoms with Crippen molar-refractivity contribution in [2.75, 3.05) is 5.32 Å². The second-order valence-corrected chi connectivity index (χ2v) is 4.36. The third-order valence-corrected chi connectivity index (χ3v) is 3.13. The number of hydrogen-bond acceptors (Lipinski definition) is 4. The predicted octanol–water partition coefficient (Wildman–Crippen LogP) is -0.587. The molecule has 1 aromatic heterocycles. The molecule has 0 saturated carbocycles. The summed E-state index contributed by atoms with van der Waals surface area (Å²) in [5, 5.41) is 2.28. The largest absolute Gasteiger partial charge is 0.323 e. The van der Waals surface area contributed by atoms with Crippen LogP contribution in [0.2, 0.25) is 0 Å². The zero-order valence-corrected chi connectivity index (χ0v) is 11.6. The smallest absolute Gasteiger partial charge is 0.312 e. The number of aromatic nitrogens is 2. The minimum absolute atomic E-state index is 0.0370. The molecule has 0 saturated heterocycles. The Morgan fingerprint density at radius 3 is 2.33 bits per heavy atom. The molecule has 0 aliphatic carbocycles. The lowest BCUT2D eigenvalue weighted by Crippen LogP contribution is -2.40. The first-order chi connectivity index (χ1) is 9.97. The lowest BCUT2D eigenvalue weighted by Gasteiger charge is -2.07. The third-order valence-electron chi connectivity index (χ3n) is 3.13. The van der Waals surface area contributed by atoms with E-state index in [-0.39, 0.29) is 5.69 Å². The molecule has 110 valence electrons. The van der Waals surface area contributed by atoms with Crippen LogP contribution in [0.1, 0.15) is 5.69 Å². The molecule has 0 unspecified atom stereocenters. The van der Waals surface area contributed by atoms with Crippen molar-refractivity contribution in [1.82, 2.24) is 14.8 Å². The molecule has 1 heterocycles. The molecule has 0 aliphatic rings. The maximum absolute atomic E-state index is 12.4. The molecular formula is C13H15N5O3. The molecule has 0 bridgehead atoms. The van der Waals surface area contributed by atoms with Gasteiger partial charge >= 0.3 is 11.8 Å². The number of carbonyl (C=O) groups excluding carboxylic acids is 2. The molecule has 0 aliphatic heterocycles. The summed E-state index contributed by atoms with van der Waals surface area (Å²) in [6.45, 7) is 1.66. The van der Waals surface area contributed by atoms with Gasteiger partial charge in [-0.15, -0.1) is 0 Å². The number of hydrazine groups is 1. The predicted molar refractivity (Wildman–Crippen MR) is 76.7 cm³/mol. The monoisotopic (exact) mass is 289 g/mol. The molecule has 4 N–H and O–H groups in total. The summed E-state index contributed by atoms with van der Waals surface area (Å²) >= 11 is 0. The van der Waals surface area contributed by atoms with Crippen LogP contribution in [0.15, 0.2) is 35.1 Å². The summed E-state index contributed by atoms with van der Waals surface area (Å²) in [4.78, 5) is 35.1. The fraction of sp³-hybridized carbons (Fsp3) is 0.154. The highest BCUT2D eigenvalue weighted by Gasteiger charge is 2.20. The lowest BCUT2D eigenvalue weighted by molar-refractivity contribution is -0.136. The summed E-state index contributed by atoms with van der Waals surface area (Å²) in [5.74, 6) is 2.86. The van der Waals surface area contributed by atoms with Crippen molar-refractivity contribution in [2.45, 2.75) is 6.92 Å². The van der Waals surface area contributed by atoms with E-state index in [2.05, 4.69) is 5.32 Å². The van der Waals surface area contributed by atoms with Gasteiger partial charge in [-0.1, -0.05) is 18.2 Å². The number of benzene rings is 1. The average Bonchev–Trinajstić information content (AvgIpc) is 2.71. The van der Waals surface area contributed by atoms with E-state index in [1.54, 1.807) is 48.3 Å². The van der Waals surface area contributed by atoms with Gasteiger partial charge in [-0.2, -0.15) is 0 Å². The van der Waals surface area contributed by atoms with Gasteiger partial charge in [0.2, 0.25) is 0 Å². The van der Waals surface area contributed by atoms with Crippen molar-refractivity contribution >= 4 is 17.5 Å². The average molecular weight is 289 g/mol. The van der Waals surface area contributed by atoms with Gasteiger partial charge in [0.15, 0.2) is 0 Å². The number of nitrogens with two attached hydrogens (primary N) is 1. The van der Waals surface area contributed by atoms with Gasteiger partial charge in [0.1, 0.15) is 5.69 Å². The Balaban J connectivity index is 2.49. The van der Waals surface area contributed by atoms with Crippen molar-refractivity contribution in [2.24, 2.45) is 12.9 Å². The lowest BCUT2D eigenvalue weighted by atomic mass is 10.3. The second-order valence-electron chi connectivity index (χ2n) is 4.36. The fourth-order valence-corrected chi connectivity index (χ4v) is 1.95. The molecule has 0 spiro atoms. The maximum atomic E-state index is 12.4. The Labute approximate surface area is 120 Å². The number of nitrogens with zero attached hydrogens (tertiary/aromatic N) is 2. The molecule has 0 fully saturated rings. The Bertz CT molecular complexity index is 745. The van der Waals surface area contributed by atoms with Gasteiger partial charge in [0.05, 0.1) is 11.4 Å². The highest BCUT2D eigenvalue weighted by atomic mass is 16.2. The Kier molecular flexibility index (Phi) is 3.90. The van der Waals surface area contributed by atoms with Crippen LogP contribution in [-0.4, -0.2) is 21.2 Å². The van der Waals surface area contributed by atoms with Crippen LogP contribution in [0, 0.1) is 6.92 Å². The normalized spacial score (nSPS) is 10.2. The van der Waals surface area contributed by atoms with Crippen LogP contribution in [-0.2, 0) is 16.6 Å². The van der Waals surface area contributed by atoms with Crippen LogP contribution in [0.25, 0.3) is 5.69 Å². The molecule has 1 aromatic carbocycles. The van der Waals surface area contributed by atoms with Crippen molar-refractivity contribution in [3.05, 3.63) is 46.4 Å². The van der Waals surface area contributed by atoms with Gasteiger partial charge < -0.3 is 5.32 Å². The van der Waals surface area contributed by atoms with Crippen LogP contribution < -0.4 is 22.1 Å². The van der Waals surface area contributed by atoms with E-state index in [0.717, 1.165) is 0 Å². The van der Waals surface area contributed by atoms with E-state index in [0.29, 0.717) is 11.4 Å². The quantitative estimate of drug-likeness (QED) is 0.297. The number of rotatable bonds is 2. The molecule has 2 amide bonds. The van der Waals surface area contributed by atoms with Crippen LogP contribution in [0.5, 0.6) is 0 Å². The molecule has 21 heavy (non-hydrogen) atoms. The van der Waals surface area contributed by atoms with E-state index < -0.39 is 17.4 Å². The maximum Gasteiger partial charge on any atom is 0.323 e. The summed E-state index contributed by atoms with van der Waals surface area (Å²) in [6.07, 6.45) is 0. The number of nitrogens with one attached hydrogen (secondary N) is 2. The summed E-state index contributed by atoms with van der Waals surface area (Å²) in [5.41, 5.74) is 2.48. The van der Waals surface area contributed by atoms with Crippen molar-refractivity contribution in [3.63, 3.8) is 0 Å². The zero-order valence-electron chi connectivity index (χ0n) is 11.6. The molecule has 8 heteroatoms. The van der Waals surface area contributed by atoms with Crippen molar-refractivity contribution in [3.8, 4) is 5.69 Å². The summed E-state index contributed by atoms with van der Waals surface area (Å²) < 4.78 is 2.99. The number of carbonyl (C=O) groups is 2. The number of anilines is 1. The van der Waals surface area contributed by atoms with E-state index in [1.807, 2.05) is 6.07 Å². The highest BCUT2D eigenvalue weighted by Crippen LogP contribution is 2.13. The minimum atomic E-state index is -1.02. The van der Waals surface area contributed by atoms with E-state index >= 15 is 0 Å². The first-order valence-corrected chi connectivity index (χ1v) is 6.13. The SMILES string of the molecule is Cc1c(NC(=O)C(=O)NN)c(=O)n(-c2ccccc2)n1C. The topological polar surface area (TPSA) is 111 Å². The van der Waals surface area contributed by atoms with Gasteiger partial charge in [0.25, 0.3) is 5.56 Å². The Morgan fingerprint density at radius 2 is 1.76 bits per heavy atom. The molecule has 2 aromatic rings. The minimum Gasteiger partial charge on any atom is -0.312 e. The van der Waals surface area contributed by atoms with Gasteiger partial charge in [-0.25, -0.2) is 10.5 Å². The van der Waals surface area contributed by atoms with Crippen molar-refractivity contribution < 1.29 is 9.59 Å². The Hall–Kier alpha value is -2.87. The molecule has 8 nitrogen and oxygen atoms in total.